The van der Waals surface area contributed by atoms with Crippen molar-refractivity contribution in [3.63, 3.8) is 0 Å². The predicted molar refractivity (Wildman–Crippen MR) is 86.9 cm³/mol. The number of nitrogens with zero attached hydrogens (tertiary/aromatic N) is 1. The molecule has 1 aliphatic rings. The van der Waals surface area contributed by atoms with Gasteiger partial charge in [0, 0.05) is 18.6 Å². The highest BCUT2D eigenvalue weighted by molar-refractivity contribution is 5.14. The van der Waals surface area contributed by atoms with Crippen molar-refractivity contribution in [3.05, 3.63) is 35.9 Å². The first kappa shape index (κ1) is 15.5. The van der Waals surface area contributed by atoms with Crippen LogP contribution in [0.4, 0.5) is 0 Å². The molecule has 2 heteroatoms. The average Bonchev–Trinajstić information content (AvgIpc) is 2.46. The number of likely N-dealkylation sites (tertiary alicyclic amines) is 1. The van der Waals surface area contributed by atoms with E-state index >= 15 is 0 Å². The van der Waals surface area contributed by atoms with Gasteiger partial charge in [-0.15, -0.1) is 0 Å². The van der Waals surface area contributed by atoms with Crippen molar-refractivity contribution in [3.8, 4) is 0 Å². The molecule has 0 saturated carbocycles. The molecular weight excluding hydrogens is 244 g/mol. The number of piperidine rings is 1. The summed E-state index contributed by atoms with van der Waals surface area (Å²) in [5.41, 5.74) is 1.46. The molecule has 0 amide bonds. The molecule has 2 nitrogen and oxygen atoms in total. The molecule has 1 aromatic rings. The summed E-state index contributed by atoms with van der Waals surface area (Å²) in [6, 6.07) is 12.3. The van der Waals surface area contributed by atoms with E-state index in [-0.39, 0.29) is 0 Å². The van der Waals surface area contributed by atoms with Crippen LogP contribution in [0.5, 0.6) is 0 Å². The Kier molecular flexibility index (Phi) is 6.55. The van der Waals surface area contributed by atoms with E-state index in [2.05, 4.69) is 54.4 Å². The van der Waals surface area contributed by atoms with Crippen LogP contribution in [-0.2, 0) is 6.54 Å². The van der Waals surface area contributed by atoms with Crippen LogP contribution in [0, 0.1) is 0 Å². The lowest BCUT2D eigenvalue weighted by Crippen LogP contribution is -2.39. The molecule has 1 N–H and O–H groups in total. The lowest BCUT2D eigenvalue weighted by molar-refractivity contribution is 0.130. The molecule has 0 bridgehead atoms. The first-order valence-electron chi connectivity index (χ1n) is 8.27. The molecule has 1 aliphatic heterocycles. The normalized spacial score (nSPS) is 20.4. The second-order valence-electron chi connectivity index (χ2n) is 6.36. The highest BCUT2D eigenvalue weighted by atomic mass is 15.2. The van der Waals surface area contributed by atoms with E-state index in [1.807, 2.05) is 0 Å². The third-order valence-corrected chi connectivity index (χ3v) is 4.24. The smallest absolute Gasteiger partial charge is 0.0236 e. The standard InChI is InChI=1S/C18H30N2/c1-16(2)19-13-8-12-18-11-6-7-14-20(18)15-17-9-4-3-5-10-17/h3-5,9-10,16,18-19H,6-8,11-15H2,1-2H3/t18-/m1/s1. The van der Waals surface area contributed by atoms with Crippen LogP contribution in [0.15, 0.2) is 30.3 Å². The van der Waals surface area contributed by atoms with E-state index in [0.29, 0.717) is 6.04 Å². The van der Waals surface area contributed by atoms with Crippen LogP contribution in [0.1, 0.15) is 51.5 Å². The van der Waals surface area contributed by atoms with Crippen molar-refractivity contribution in [2.24, 2.45) is 0 Å². The molecule has 1 fully saturated rings. The molecule has 1 atom stereocenters. The van der Waals surface area contributed by atoms with Crippen LogP contribution >= 0.6 is 0 Å². The highest BCUT2D eigenvalue weighted by Crippen LogP contribution is 2.22. The average molecular weight is 274 g/mol. The Morgan fingerprint density at radius 3 is 2.75 bits per heavy atom. The molecule has 0 aliphatic carbocycles. The molecule has 0 radical (unpaired) electrons. The summed E-state index contributed by atoms with van der Waals surface area (Å²) in [4.78, 5) is 2.70. The van der Waals surface area contributed by atoms with Crippen molar-refractivity contribution in [1.29, 1.82) is 0 Å². The monoisotopic (exact) mass is 274 g/mol. The van der Waals surface area contributed by atoms with E-state index in [9.17, 15) is 0 Å². The van der Waals surface area contributed by atoms with Gasteiger partial charge in [-0.1, -0.05) is 50.6 Å². The van der Waals surface area contributed by atoms with Crippen molar-refractivity contribution in [1.82, 2.24) is 10.2 Å². The van der Waals surface area contributed by atoms with Gasteiger partial charge in [-0.25, -0.2) is 0 Å². The minimum atomic E-state index is 0.613. The van der Waals surface area contributed by atoms with Gasteiger partial charge in [-0.3, -0.25) is 4.90 Å². The predicted octanol–water partition coefficient (Wildman–Crippen LogP) is 3.82. The Balaban J connectivity index is 1.79. The van der Waals surface area contributed by atoms with Crippen molar-refractivity contribution < 1.29 is 0 Å². The Bertz CT molecular complexity index is 361. The van der Waals surface area contributed by atoms with Gasteiger partial charge in [0.15, 0.2) is 0 Å². The fraction of sp³-hybridized carbons (Fsp3) is 0.667. The molecule has 0 aromatic heterocycles. The zero-order valence-corrected chi connectivity index (χ0v) is 13.1. The molecule has 1 saturated heterocycles. The first-order chi connectivity index (χ1) is 9.75. The van der Waals surface area contributed by atoms with Crippen LogP contribution in [0.25, 0.3) is 0 Å². The fourth-order valence-corrected chi connectivity index (χ4v) is 3.14. The maximum absolute atomic E-state index is 3.53. The summed E-state index contributed by atoms with van der Waals surface area (Å²) in [6.45, 7) is 8.01. The Labute approximate surface area is 124 Å². The van der Waals surface area contributed by atoms with Crippen LogP contribution in [0.3, 0.4) is 0 Å². The summed E-state index contributed by atoms with van der Waals surface area (Å²) in [6.07, 6.45) is 6.80. The van der Waals surface area contributed by atoms with E-state index in [0.717, 1.165) is 19.1 Å². The van der Waals surface area contributed by atoms with E-state index in [1.54, 1.807) is 0 Å². The number of rotatable bonds is 7. The molecule has 20 heavy (non-hydrogen) atoms. The van der Waals surface area contributed by atoms with Crippen LogP contribution in [-0.4, -0.2) is 30.1 Å². The van der Waals surface area contributed by atoms with Crippen LogP contribution < -0.4 is 5.32 Å². The zero-order chi connectivity index (χ0) is 14.2. The summed E-state index contributed by atoms with van der Waals surface area (Å²) in [7, 11) is 0. The van der Waals surface area contributed by atoms with Gasteiger partial charge < -0.3 is 5.32 Å². The summed E-state index contributed by atoms with van der Waals surface area (Å²) in [5, 5.41) is 3.53. The minimum absolute atomic E-state index is 0.613. The van der Waals surface area contributed by atoms with Crippen molar-refractivity contribution in [2.45, 2.75) is 64.6 Å². The maximum atomic E-state index is 3.53. The van der Waals surface area contributed by atoms with Crippen LogP contribution in [0.2, 0.25) is 0 Å². The third kappa shape index (κ3) is 5.26. The number of nitrogens with one attached hydrogen (secondary N) is 1. The van der Waals surface area contributed by atoms with Gasteiger partial charge in [-0.2, -0.15) is 0 Å². The topological polar surface area (TPSA) is 15.3 Å². The lowest BCUT2D eigenvalue weighted by Gasteiger charge is -2.36. The van der Waals surface area contributed by atoms with E-state index in [1.165, 1.54) is 44.2 Å². The molecular formula is C18H30N2. The molecule has 0 unspecified atom stereocenters. The fourth-order valence-electron chi connectivity index (χ4n) is 3.14. The summed E-state index contributed by atoms with van der Waals surface area (Å²) >= 11 is 0. The van der Waals surface area contributed by atoms with Crippen molar-refractivity contribution in [2.75, 3.05) is 13.1 Å². The molecule has 1 aromatic carbocycles. The third-order valence-electron chi connectivity index (χ3n) is 4.24. The highest BCUT2D eigenvalue weighted by Gasteiger charge is 2.21. The Morgan fingerprint density at radius 2 is 2.00 bits per heavy atom. The summed E-state index contributed by atoms with van der Waals surface area (Å²) in [5.74, 6) is 0. The Morgan fingerprint density at radius 1 is 1.20 bits per heavy atom. The molecule has 1 heterocycles. The van der Waals surface area contributed by atoms with E-state index in [4.69, 9.17) is 0 Å². The maximum Gasteiger partial charge on any atom is 0.0236 e. The van der Waals surface area contributed by atoms with E-state index < -0.39 is 0 Å². The van der Waals surface area contributed by atoms with Crippen molar-refractivity contribution >= 4 is 0 Å². The Hall–Kier alpha value is -0.860. The van der Waals surface area contributed by atoms with Gasteiger partial charge in [0.2, 0.25) is 0 Å². The largest absolute Gasteiger partial charge is 0.315 e. The molecule has 2 rings (SSSR count). The minimum Gasteiger partial charge on any atom is -0.315 e. The number of benzene rings is 1. The second kappa shape index (κ2) is 8.43. The first-order valence-corrected chi connectivity index (χ1v) is 8.27. The van der Waals surface area contributed by atoms with Gasteiger partial charge in [-0.05, 0) is 44.3 Å². The van der Waals surface area contributed by atoms with Gasteiger partial charge in [0.1, 0.15) is 0 Å². The lowest BCUT2D eigenvalue weighted by atomic mass is 9.97. The zero-order valence-electron chi connectivity index (χ0n) is 13.1. The summed E-state index contributed by atoms with van der Waals surface area (Å²) < 4.78 is 0. The number of hydrogen-bond donors (Lipinski definition) is 1. The van der Waals surface area contributed by atoms with Gasteiger partial charge in [0.05, 0.1) is 0 Å². The van der Waals surface area contributed by atoms with Gasteiger partial charge in [0.25, 0.3) is 0 Å². The molecule has 0 spiro atoms. The SMILES string of the molecule is CC(C)NCCC[C@H]1CCCCN1Cc1ccccc1. The quantitative estimate of drug-likeness (QED) is 0.760. The molecule has 112 valence electrons. The van der Waals surface area contributed by atoms with Gasteiger partial charge >= 0.3 is 0 Å². The second-order valence-corrected chi connectivity index (χ2v) is 6.36. The number of hydrogen-bond acceptors (Lipinski definition) is 2.